The molecule has 0 aliphatic rings. The Morgan fingerprint density at radius 1 is 1.38 bits per heavy atom. The van der Waals surface area contributed by atoms with Crippen LogP contribution in [0.25, 0.3) is 0 Å². The van der Waals surface area contributed by atoms with Gasteiger partial charge in [-0.05, 0) is 18.9 Å². The number of halogens is 1. The first-order chi connectivity index (χ1) is 9.67. The van der Waals surface area contributed by atoms with Crippen molar-refractivity contribution in [2.24, 2.45) is 12.0 Å². The van der Waals surface area contributed by atoms with Crippen LogP contribution in [0.3, 0.4) is 0 Å². The van der Waals surface area contributed by atoms with Crippen molar-refractivity contribution in [3.05, 3.63) is 34.0 Å². The zero-order valence-electron chi connectivity index (χ0n) is 12.5. The molecule has 0 atom stereocenters. The number of aromatic nitrogens is 3. The smallest absolute Gasteiger partial charge is 0.191 e. The quantitative estimate of drug-likeness (QED) is 0.439. The van der Waals surface area contributed by atoms with Gasteiger partial charge in [-0.15, -0.1) is 35.3 Å². The maximum atomic E-state index is 4.31. The van der Waals surface area contributed by atoms with E-state index in [1.54, 1.807) is 18.4 Å². The molecule has 21 heavy (non-hydrogen) atoms. The SMILES string of the molecule is CN=C(NCCc1cnn(C)c1)NCc1ncc(C)s1.I. The van der Waals surface area contributed by atoms with E-state index in [0.29, 0.717) is 6.54 Å². The minimum Gasteiger partial charge on any atom is -0.356 e. The maximum Gasteiger partial charge on any atom is 0.191 e. The molecule has 0 spiro atoms. The van der Waals surface area contributed by atoms with Gasteiger partial charge in [-0.25, -0.2) is 4.98 Å². The number of thiazole rings is 1. The lowest BCUT2D eigenvalue weighted by Crippen LogP contribution is -2.37. The van der Waals surface area contributed by atoms with Crippen molar-refractivity contribution in [3.63, 3.8) is 0 Å². The molecular weight excluding hydrogens is 399 g/mol. The monoisotopic (exact) mass is 420 g/mol. The van der Waals surface area contributed by atoms with Crippen LogP contribution in [0.5, 0.6) is 0 Å². The van der Waals surface area contributed by atoms with Gasteiger partial charge in [-0.1, -0.05) is 0 Å². The van der Waals surface area contributed by atoms with Crippen LogP contribution in [0, 0.1) is 6.92 Å². The second-order valence-corrected chi connectivity index (χ2v) is 5.81. The first kappa shape index (κ1) is 17.9. The van der Waals surface area contributed by atoms with Gasteiger partial charge < -0.3 is 10.6 Å². The molecule has 2 aromatic heterocycles. The van der Waals surface area contributed by atoms with E-state index in [2.05, 4.69) is 32.6 Å². The number of guanidine groups is 1. The molecular formula is C13H21IN6S. The highest BCUT2D eigenvalue weighted by Gasteiger charge is 2.02. The van der Waals surface area contributed by atoms with E-state index in [4.69, 9.17) is 0 Å². The molecule has 0 unspecified atom stereocenters. The van der Waals surface area contributed by atoms with Gasteiger partial charge in [0, 0.05) is 37.9 Å². The predicted octanol–water partition coefficient (Wildman–Crippen LogP) is 1.71. The molecule has 2 rings (SSSR count). The van der Waals surface area contributed by atoms with Gasteiger partial charge in [-0.2, -0.15) is 5.10 Å². The maximum absolute atomic E-state index is 4.31. The van der Waals surface area contributed by atoms with Crippen molar-refractivity contribution in [1.29, 1.82) is 0 Å². The molecule has 2 N–H and O–H groups in total. The van der Waals surface area contributed by atoms with Crippen LogP contribution in [0.15, 0.2) is 23.6 Å². The Balaban J connectivity index is 0.00000220. The molecule has 2 aromatic rings. The Bertz CT molecular complexity index is 577. The normalized spacial score (nSPS) is 11.1. The molecule has 2 heterocycles. The Morgan fingerprint density at radius 3 is 2.76 bits per heavy atom. The molecule has 0 saturated heterocycles. The molecule has 0 saturated carbocycles. The summed E-state index contributed by atoms with van der Waals surface area (Å²) in [7, 11) is 3.69. The highest BCUT2D eigenvalue weighted by Crippen LogP contribution is 2.10. The summed E-state index contributed by atoms with van der Waals surface area (Å²) in [6.07, 6.45) is 6.72. The summed E-state index contributed by atoms with van der Waals surface area (Å²) in [5, 5.41) is 11.8. The fraction of sp³-hybridized carbons (Fsp3) is 0.462. The number of aliphatic imine (C=N–C) groups is 1. The number of hydrogen-bond donors (Lipinski definition) is 2. The Labute approximate surface area is 146 Å². The van der Waals surface area contributed by atoms with E-state index in [0.717, 1.165) is 23.9 Å². The molecule has 116 valence electrons. The van der Waals surface area contributed by atoms with Gasteiger partial charge in [0.1, 0.15) is 5.01 Å². The summed E-state index contributed by atoms with van der Waals surface area (Å²) in [5.74, 6) is 0.793. The third-order valence-corrected chi connectivity index (χ3v) is 3.68. The van der Waals surface area contributed by atoms with Crippen LogP contribution in [0.2, 0.25) is 0 Å². The number of nitrogens with zero attached hydrogens (tertiary/aromatic N) is 4. The van der Waals surface area contributed by atoms with Crippen LogP contribution < -0.4 is 10.6 Å². The minimum absolute atomic E-state index is 0. The molecule has 0 radical (unpaired) electrons. The fourth-order valence-corrected chi connectivity index (χ4v) is 2.52. The summed E-state index contributed by atoms with van der Waals surface area (Å²) in [5.41, 5.74) is 1.21. The molecule has 6 nitrogen and oxygen atoms in total. The summed E-state index contributed by atoms with van der Waals surface area (Å²) in [4.78, 5) is 9.74. The number of aryl methyl sites for hydroxylation is 2. The van der Waals surface area contributed by atoms with Crippen LogP contribution in [0.4, 0.5) is 0 Å². The first-order valence-corrected chi connectivity index (χ1v) is 7.32. The minimum atomic E-state index is 0. The van der Waals surface area contributed by atoms with Crippen molar-refractivity contribution < 1.29 is 0 Å². The van der Waals surface area contributed by atoms with Crippen molar-refractivity contribution in [2.45, 2.75) is 19.9 Å². The van der Waals surface area contributed by atoms with Crippen LogP contribution in [-0.4, -0.2) is 34.3 Å². The Morgan fingerprint density at radius 2 is 2.19 bits per heavy atom. The largest absolute Gasteiger partial charge is 0.356 e. The predicted molar refractivity (Wildman–Crippen MR) is 97.4 cm³/mol. The number of rotatable bonds is 5. The van der Waals surface area contributed by atoms with Crippen molar-refractivity contribution in [3.8, 4) is 0 Å². The Kier molecular flexibility index (Phi) is 7.65. The molecule has 0 aliphatic heterocycles. The lowest BCUT2D eigenvalue weighted by atomic mass is 10.2. The van der Waals surface area contributed by atoms with E-state index in [1.807, 2.05) is 30.3 Å². The molecule has 0 aliphatic carbocycles. The zero-order valence-corrected chi connectivity index (χ0v) is 15.6. The number of hydrogen-bond acceptors (Lipinski definition) is 4. The Hall–Kier alpha value is -1.16. The van der Waals surface area contributed by atoms with Gasteiger partial charge >= 0.3 is 0 Å². The lowest BCUT2D eigenvalue weighted by Gasteiger charge is -2.10. The van der Waals surface area contributed by atoms with Gasteiger partial charge in [0.15, 0.2) is 5.96 Å². The molecule has 0 fully saturated rings. The summed E-state index contributed by atoms with van der Waals surface area (Å²) in [6.45, 7) is 3.58. The standard InChI is InChI=1S/C13H20N6S.HI/c1-10-6-16-12(20-10)8-17-13(14-2)15-5-4-11-7-18-19(3)9-11;/h6-7,9H,4-5,8H2,1-3H3,(H2,14,15,17);1H. The molecule has 0 amide bonds. The van der Waals surface area contributed by atoms with Crippen molar-refractivity contribution in [1.82, 2.24) is 25.4 Å². The average Bonchev–Trinajstić information content (AvgIpc) is 3.02. The van der Waals surface area contributed by atoms with E-state index in [-0.39, 0.29) is 24.0 Å². The van der Waals surface area contributed by atoms with E-state index in [9.17, 15) is 0 Å². The fourth-order valence-electron chi connectivity index (χ4n) is 1.79. The first-order valence-electron chi connectivity index (χ1n) is 6.50. The molecule has 0 bridgehead atoms. The van der Waals surface area contributed by atoms with Crippen LogP contribution >= 0.6 is 35.3 Å². The highest BCUT2D eigenvalue weighted by atomic mass is 127. The molecule has 0 aromatic carbocycles. The van der Waals surface area contributed by atoms with E-state index < -0.39 is 0 Å². The summed E-state index contributed by atoms with van der Waals surface area (Å²) >= 11 is 1.70. The average molecular weight is 420 g/mol. The highest BCUT2D eigenvalue weighted by molar-refractivity contribution is 14.0. The third kappa shape index (κ3) is 6.00. The van der Waals surface area contributed by atoms with Crippen LogP contribution in [-0.2, 0) is 20.0 Å². The van der Waals surface area contributed by atoms with Crippen molar-refractivity contribution in [2.75, 3.05) is 13.6 Å². The van der Waals surface area contributed by atoms with E-state index in [1.165, 1.54) is 10.4 Å². The second kappa shape index (κ2) is 8.98. The second-order valence-electron chi connectivity index (χ2n) is 4.49. The summed E-state index contributed by atoms with van der Waals surface area (Å²) < 4.78 is 1.81. The van der Waals surface area contributed by atoms with Gasteiger partial charge in [-0.3, -0.25) is 9.67 Å². The topological polar surface area (TPSA) is 67.1 Å². The van der Waals surface area contributed by atoms with E-state index >= 15 is 0 Å². The van der Waals surface area contributed by atoms with Gasteiger partial charge in [0.25, 0.3) is 0 Å². The van der Waals surface area contributed by atoms with Crippen LogP contribution in [0.1, 0.15) is 15.4 Å². The third-order valence-electron chi connectivity index (χ3n) is 2.76. The lowest BCUT2D eigenvalue weighted by molar-refractivity contribution is 0.764. The molecule has 8 heteroatoms. The zero-order chi connectivity index (χ0) is 14.4. The number of nitrogens with one attached hydrogen (secondary N) is 2. The van der Waals surface area contributed by atoms with Gasteiger partial charge in [0.2, 0.25) is 0 Å². The van der Waals surface area contributed by atoms with Gasteiger partial charge in [0.05, 0.1) is 12.7 Å². The summed E-state index contributed by atoms with van der Waals surface area (Å²) in [6, 6.07) is 0. The van der Waals surface area contributed by atoms with Crippen molar-refractivity contribution >= 4 is 41.3 Å².